The van der Waals surface area contributed by atoms with E-state index in [4.69, 9.17) is 0 Å². The quantitative estimate of drug-likeness (QED) is 0.339. The van der Waals surface area contributed by atoms with Crippen molar-refractivity contribution >= 4 is 5.57 Å². The maximum Gasteiger partial charge on any atom is 0.0639 e. The van der Waals surface area contributed by atoms with Crippen LogP contribution in [-0.2, 0) is 5.41 Å². The molecular formula is C29H22. The van der Waals surface area contributed by atoms with Crippen LogP contribution in [0.25, 0.3) is 5.57 Å². The maximum absolute atomic E-state index is 3.70. The summed E-state index contributed by atoms with van der Waals surface area (Å²) in [5.41, 5.74) is 9.70. The van der Waals surface area contributed by atoms with E-state index in [0.29, 0.717) is 0 Å². The Hall–Kier alpha value is -3.60. The molecule has 0 heterocycles. The lowest BCUT2D eigenvalue weighted by molar-refractivity contribution is 0.603. The van der Waals surface area contributed by atoms with Crippen LogP contribution in [0.3, 0.4) is 0 Å². The molecule has 5 rings (SSSR count). The van der Waals surface area contributed by atoms with Crippen molar-refractivity contribution in [2.24, 2.45) is 0 Å². The molecule has 29 heavy (non-hydrogen) atoms. The Morgan fingerprint density at radius 3 is 1.48 bits per heavy atom. The van der Waals surface area contributed by atoms with Crippen LogP contribution >= 0.6 is 0 Å². The molecule has 0 saturated carbocycles. The van der Waals surface area contributed by atoms with Crippen LogP contribution in [0.1, 0.15) is 28.2 Å². The van der Waals surface area contributed by atoms with E-state index >= 15 is 0 Å². The summed E-state index contributed by atoms with van der Waals surface area (Å²) in [6, 6.07) is 43.3. The summed E-state index contributed by atoms with van der Waals surface area (Å²) >= 11 is 0. The molecule has 1 aliphatic rings. The normalized spacial score (nSPS) is 17.1. The third kappa shape index (κ3) is 2.86. The van der Waals surface area contributed by atoms with Crippen molar-refractivity contribution in [3.8, 4) is 0 Å². The molecule has 0 amide bonds. The molecule has 138 valence electrons. The molecule has 4 aromatic carbocycles. The van der Waals surface area contributed by atoms with E-state index in [9.17, 15) is 0 Å². The van der Waals surface area contributed by atoms with Crippen molar-refractivity contribution in [2.45, 2.75) is 11.3 Å². The fourth-order valence-electron chi connectivity index (χ4n) is 4.70. The second-order valence-corrected chi connectivity index (χ2v) is 7.48. The number of allylic oxidation sites excluding steroid dienone is 1. The highest BCUT2D eigenvalue weighted by atomic mass is 14.5. The molecular weight excluding hydrogens is 348 g/mol. The van der Waals surface area contributed by atoms with Gasteiger partial charge in [-0.1, -0.05) is 121 Å². The first-order valence-corrected chi connectivity index (χ1v) is 10.1. The van der Waals surface area contributed by atoms with E-state index in [-0.39, 0.29) is 11.3 Å². The Kier molecular flexibility index (Phi) is 4.48. The van der Waals surface area contributed by atoms with Gasteiger partial charge in [-0.3, -0.25) is 0 Å². The van der Waals surface area contributed by atoms with E-state index in [1.165, 1.54) is 27.8 Å². The summed E-state index contributed by atoms with van der Waals surface area (Å²) in [6.07, 6.45) is 2.26. The third-order valence-electron chi connectivity index (χ3n) is 5.93. The summed E-state index contributed by atoms with van der Waals surface area (Å²) < 4.78 is 0. The Bertz CT molecular complexity index is 1110. The van der Waals surface area contributed by atoms with Crippen molar-refractivity contribution in [1.29, 1.82) is 0 Å². The highest BCUT2D eigenvalue weighted by Crippen LogP contribution is 2.56. The summed E-state index contributed by atoms with van der Waals surface area (Å²) in [5, 5.41) is 0. The summed E-state index contributed by atoms with van der Waals surface area (Å²) in [4.78, 5) is 0. The van der Waals surface area contributed by atoms with Crippen LogP contribution < -0.4 is 0 Å². The minimum absolute atomic E-state index is 0.170. The number of benzene rings is 4. The molecule has 0 fully saturated rings. The highest BCUT2D eigenvalue weighted by molar-refractivity contribution is 5.83. The van der Waals surface area contributed by atoms with E-state index in [0.717, 1.165) is 0 Å². The standard InChI is InChI=1S/C29H22/c1-5-13-23(14-6-1)27-21-22-28(24-15-7-2-8-16-24)29(27,25-17-9-3-10-18-25)26-19-11-4-12-20-26/h1-21,27H. The van der Waals surface area contributed by atoms with Gasteiger partial charge in [-0.15, -0.1) is 5.73 Å². The van der Waals surface area contributed by atoms with Crippen LogP contribution in [0.2, 0.25) is 0 Å². The molecule has 0 radical (unpaired) electrons. The Morgan fingerprint density at radius 2 is 0.966 bits per heavy atom. The number of hydrogen-bond donors (Lipinski definition) is 0. The van der Waals surface area contributed by atoms with Gasteiger partial charge in [0, 0.05) is 11.5 Å². The molecule has 1 atom stereocenters. The van der Waals surface area contributed by atoms with Gasteiger partial charge in [-0.25, -0.2) is 0 Å². The molecule has 0 aromatic heterocycles. The minimum Gasteiger partial charge on any atom is -0.119 e. The minimum atomic E-state index is -0.328. The van der Waals surface area contributed by atoms with Gasteiger partial charge in [0.25, 0.3) is 0 Å². The van der Waals surface area contributed by atoms with Crippen LogP contribution in [-0.4, -0.2) is 0 Å². The number of hydrogen-bond acceptors (Lipinski definition) is 0. The SMILES string of the molecule is C1=CC(c2ccccc2)C(c2ccccc2)(c2ccccc2)C=1c1ccccc1. The first-order valence-electron chi connectivity index (χ1n) is 10.1. The van der Waals surface area contributed by atoms with Crippen molar-refractivity contribution < 1.29 is 0 Å². The molecule has 0 nitrogen and oxygen atoms in total. The molecule has 0 heteroatoms. The summed E-state index contributed by atoms with van der Waals surface area (Å²) in [7, 11) is 0. The topological polar surface area (TPSA) is 0 Å². The lowest BCUT2D eigenvalue weighted by atomic mass is 9.61. The van der Waals surface area contributed by atoms with Crippen molar-refractivity contribution in [3.05, 3.63) is 155 Å². The molecule has 0 N–H and O–H groups in total. The zero-order valence-electron chi connectivity index (χ0n) is 16.2. The second-order valence-electron chi connectivity index (χ2n) is 7.48. The van der Waals surface area contributed by atoms with E-state index in [2.05, 4.69) is 133 Å². The van der Waals surface area contributed by atoms with Gasteiger partial charge in [0.15, 0.2) is 0 Å². The van der Waals surface area contributed by atoms with Gasteiger partial charge in [-0.05, 0) is 28.3 Å². The van der Waals surface area contributed by atoms with Gasteiger partial charge in [0.05, 0.1) is 5.41 Å². The van der Waals surface area contributed by atoms with Crippen LogP contribution in [0, 0.1) is 0 Å². The van der Waals surface area contributed by atoms with Crippen LogP contribution in [0.4, 0.5) is 0 Å². The van der Waals surface area contributed by atoms with Gasteiger partial charge >= 0.3 is 0 Å². The Balaban J connectivity index is 1.84. The van der Waals surface area contributed by atoms with Crippen LogP contribution in [0.15, 0.2) is 133 Å². The van der Waals surface area contributed by atoms with Crippen molar-refractivity contribution in [3.63, 3.8) is 0 Å². The van der Waals surface area contributed by atoms with Crippen molar-refractivity contribution in [1.82, 2.24) is 0 Å². The molecule has 0 aliphatic heterocycles. The molecule has 1 unspecified atom stereocenters. The second kappa shape index (κ2) is 7.43. The molecule has 4 aromatic rings. The average Bonchev–Trinajstić information content (AvgIpc) is 3.23. The largest absolute Gasteiger partial charge is 0.119 e. The van der Waals surface area contributed by atoms with Gasteiger partial charge in [0.1, 0.15) is 0 Å². The predicted octanol–water partition coefficient (Wildman–Crippen LogP) is 7.01. The zero-order valence-corrected chi connectivity index (χ0v) is 16.2. The Morgan fingerprint density at radius 1 is 0.517 bits per heavy atom. The van der Waals surface area contributed by atoms with Crippen LogP contribution in [0.5, 0.6) is 0 Å². The first kappa shape index (κ1) is 17.5. The van der Waals surface area contributed by atoms with Gasteiger partial charge < -0.3 is 0 Å². The van der Waals surface area contributed by atoms with Crippen molar-refractivity contribution in [2.75, 3.05) is 0 Å². The smallest absolute Gasteiger partial charge is 0.0639 e. The average molecular weight is 370 g/mol. The van der Waals surface area contributed by atoms with Gasteiger partial charge in [0.2, 0.25) is 0 Å². The van der Waals surface area contributed by atoms with E-state index in [1.54, 1.807) is 0 Å². The molecule has 0 bridgehead atoms. The fraction of sp³-hybridized carbons (Fsp3) is 0.0690. The monoisotopic (exact) mass is 370 g/mol. The van der Waals surface area contributed by atoms with E-state index in [1.807, 2.05) is 0 Å². The maximum atomic E-state index is 3.70. The highest BCUT2D eigenvalue weighted by Gasteiger charge is 2.47. The van der Waals surface area contributed by atoms with Gasteiger partial charge in [-0.2, -0.15) is 0 Å². The molecule has 1 aliphatic carbocycles. The summed E-state index contributed by atoms with van der Waals surface area (Å²) in [6.45, 7) is 0. The lowest BCUT2D eigenvalue weighted by Gasteiger charge is -2.40. The summed E-state index contributed by atoms with van der Waals surface area (Å²) in [5.74, 6) is 0.170. The number of rotatable bonds is 4. The lowest BCUT2D eigenvalue weighted by Crippen LogP contribution is -2.33. The Labute approximate surface area is 172 Å². The predicted molar refractivity (Wildman–Crippen MR) is 121 cm³/mol. The zero-order chi connectivity index (χ0) is 19.5. The first-order chi connectivity index (χ1) is 14.4. The molecule has 0 saturated heterocycles. The molecule has 0 spiro atoms. The fourth-order valence-corrected chi connectivity index (χ4v) is 4.70. The van der Waals surface area contributed by atoms with E-state index < -0.39 is 0 Å². The third-order valence-corrected chi connectivity index (χ3v) is 5.93.